The Labute approximate surface area is 423 Å². The van der Waals surface area contributed by atoms with Gasteiger partial charge in [0.1, 0.15) is 5.82 Å². The summed E-state index contributed by atoms with van der Waals surface area (Å²) in [6, 6.07) is 68.0. The normalized spacial score (nSPS) is 13.3. The first-order chi connectivity index (χ1) is 32.6. The minimum absolute atomic E-state index is 0. The fraction of sp³-hybridized carbons (Fsp3) is 0.206. The van der Waals surface area contributed by atoms with E-state index >= 15 is 0 Å². The molecule has 0 fully saturated rings. The molecule has 10 rings (SSSR count). The van der Waals surface area contributed by atoms with E-state index in [1.54, 1.807) is 0 Å². The van der Waals surface area contributed by atoms with Crippen molar-refractivity contribution in [2.45, 2.75) is 84.0 Å². The SMILES string of the molecule is CC(C)(C)c1cc(Oc2[c-]c3c(cc2)c2ccccc2n3-c2cc(C(C)(C)c3ccccc3)ccn2)[c-]c(N2C=CN(c3cc(C(C)(C)c4ccccc4)cc(C(C)(C)c4ccccc4)c3)[CH-]2)c1.[Pt]. The van der Waals surface area contributed by atoms with Gasteiger partial charge in [-0.15, -0.1) is 53.6 Å². The fourth-order valence-electron chi connectivity index (χ4n) is 9.57. The van der Waals surface area contributed by atoms with Crippen LogP contribution in [0.3, 0.4) is 0 Å². The van der Waals surface area contributed by atoms with Crippen LogP contribution in [0.5, 0.6) is 11.5 Å². The number of ether oxygens (including phenoxy) is 1. The Kier molecular flexibility index (Phi) is 12.6. The molecule has 1 aliphatic heterocycles. The summed E-state index contributed by atoms with van der Waals surface area (Å²) >= 11 is 0. The van der Waals surface area contributed by atoms with Crippen LogP contribution in [0.15, 0.2) is 188 Å². The molecule has 7 aromatic carbocycles. The Balaban J connectivity index is 0.00000593. The third-order valence-corrected chi connectivity index (χ3v) is 14.2. The summed E-state index contributed by atoms with van der Waals surface area (Å²) in [4.78, 5) is 9.32. The van der Waals surface area contributed by atoms with Gasteiger partial charge in [0.25, 0.3) is 0 Å². The second-order valence-corrected chi connectivity index (χ2v) is 20.8. The summed E-state index contributed by atoms with van der Waals surface area (Å²) < 4.78 is 9.04. The molecule has 0 N–H and O–H groups in total. The molecule has 6 heteroatoms. The van der Waals surface area contributed by atoms with E-state index in [4.69, 9.17) is 9.72 Å². The monoisotopic (exact) mass is 1080 g/mol. The van der Waals surface area contributed by atoms with Crippen molar-refractivity contribution in [1.29, 1.82) is 0 Å². The number of aromatic nitrogens is 2. The third-order valence-electron chi connectivity index (χ3n) is 14.2. The van der Waals surface area contributed by atoms with Crippen molar-refractivity contribution in [3.05, 3.63) is 246 Å². The van der Waals surface area contributed by atoms with Gasteiger partial charge in [-0.2, -0.15) is 6.07 Å². The quantitative estimate of drug-likeness (QED) is 0.121. The van der Waals surface area contributed by atoms with Crippen LogP contribution >= 0.6 is 0 Å². The zero-order chi connectivity index (χ0) is 47.4. The van der Waals surface area contributed by atoms with E-state index in [1.807, 2.05) is 12.3 Å². The van der Waals surface area contributed by atoms with Crippen LogP contribution in [-0.2, 0) is 42.7 Å². The number of hydrogen-bond acceptors (Lipinski definition) is 4. The Morgan fingerprint density at radius 1 is 0.464 bits per heavy atom. The Hall–Kier alpha value is -6.68. The molecular weight excluding hydrogens is 1020 g/mol. The van der Waals surface area contributed by atoms with Gasteiger partial charge in [-0.3, -0.25) is 0 Å². The van der Waals surface area contributed by atoms with Gasteiger partial charge in [-0.25, -0.2) is 4.98 Å². The van der Waals surface area contributed by atoms with Crippen LogP contribution in [0, 0.1) is 18.8 Å². The number of nitrogens with zero attached hydrogens (tertiary/aromatic N) is 4. The maximum Gasteiger partial charge on any atom is 0.135 e. The van der Waals surface area contributed by atoms with Crippen molar-refractivity contribution in [3.8, 4) is 17.3 Å². The van der Waals surface area contributed by atoms with Crippen molar-refractivity contribution in [2.75, 3.05) is 9.80 Å². The summed E-state index contributed by atoms with van der Waals surface area (Å²) in [7, 11) is 0. The zero-order valence-electron chi connectivity index (χ0n) is 41.0. The molecule has 0 saturated carbocycles. The van der Waals surface area contributed by atoms with E-state index in [-0.39, 0.29) is 42.7 Å². The molecule has 0 amide bonds. The van der Waals surface area contributed by atoms with Crippen LogP contribution in [0.2, 0.25) is 0 Å². The molecular formula is C63H59N4OPt-3. The fourth-order valence-corrected chi connectivity index (χ4v) is 9.57. The average Bonchev–Trinajstić information content (AvgIpc) is 3.98. The maximum absolute atomic E-state index is 6.82. The number of anilines is 2. The Morgan fingerprint density at radius 2 is 1.01 bits per heavy atom. The molecule has 0 unspecified atom stereocenters. The average molecular weight is 1080 g/mol. The van der Waals surface area contributed by atoms with Crippen molar-refractivity contribution in [2.24, 2.45) is 0 Å². The molecule has 0 saturated heterocycles. The van der Waals surface area contributed by atoms with Gasteiger partial charge < -0.3 is 19.1 Å². The first-order valence-corrected chi connectivity index (χ1v) is 23.7. The topological polar surface area (TPSA) is 33.5 Å². The number of pyridine rings is 1. The number of para-hydroxylation sites is 1. The van der Waals surface area contributed by atoms with Crippen molar-refractivity contribution in [1.82, 2.24) is 9.55 Å². The van der Waals surface area contributed by atoms with Gasteiger partial charge in [-0.1, -0.05) is 183 Å². The Bertz CT molecular complexity index is 3240. The van der Waals surface area contributed by atoms with E-state index in [2.05, 4.69) is 272 Å². The van der Waals surface area contributed by atoms with E-state index < -0.39 is 0 Å². The number of benzene rings is 7. The number of hydrogen-bond donors (Lipinski definition) is 0. The van der Waals surface area contributed by atoms with Crippen LogP contribution in [-0.4, -0.2) is 9.55 Å². The minimum Gasteiger partial charge on any atom is -0.509 e. The van der Waals surface area contributed by atoms with E-state index in [1.165, 1.54) is 33.4 Å². The molecule has 0 bridgehead atoms. The van der Waals surface area contributed by atoms with Crippen molar-refractivity contribution >= 4 is 33.2 Å². The van der Waals surface area contributed by atoms with E-state index in [0.29, 0.717) is 11.5 Å². The van der Waals surface area contributed by atoms with Gasteiger partial charge in [0.2, 0.25) is 0 Å². The summed E-state index contributed by atoms with van der Waals surface area (Å²) in [5.74, 6) is 2.05. The molecule has 3 heterocycles. The van der Waals surface area contributed by atoms with Gasteiger partial charge in [0.05, 0.1) is 0 Å². The van der Waals surface area contributed by atoms with E-state index in [0.717, 1.165) is 44.6 Å². The summed E-state index contributed by atoms with van der Waals surface area (Å²) in [5.41, 5.74) is 11.7. The molecule has 2 aromatic heterocycles. The van der Waals surface area contributed by atoms with Crippen LogP contribution < -0.4 is 14.5 Å². The first kappa shape index (κ1) is 47.4. The van der Waals surface area contributed by atoms with Crippen LogP contribution in [0.25, 0.3) is 27.6 Å². The molecule has 69 heavy (non-hydrogen) atoms. The second-order valence-electron chi connectivity index (χ2n) is 20.8. The predicted molar refractivity (Wildman–Crippen MR) is 282 cm³/mol. The van der Waals surface area contributed by atoms with Crippen molar-refractivity contribution in [3.63, 3.8) is 0 Å². The molecule has 0 radical (unpaired) electrons. The molecule has 350 valence electrons. The molecule has 0 atom stereocenters. The molecule has 0 spiro atoms. The van der Waals surface area contributed by atoms with Crippen LogP contribution in [0.1, 0.15) is 101 Å². The van der Waals surface area contributed by atoms with E-state index in [9.17, 15) is 0 Å². The van der Waals surface area contributed by atoms with Gasteiger partial charge in [0, 0.05) is 66.2 Å². The molecule has 0 aliphatic carbocycles. The smallest absolute Gasteiger partial charge is 0.135 e. The summed E-state index contributed by atoms with van der Waals surface area (Å²) in [6.07, 6.45) is 6.16. The van der Waals surface area contributed by atoms with Gasteiger partial charge in [0.15, 0.2) is 0 Å². The standard InChI is InChI=1S/C63H59N4O.Pt/c1-60(2,3)48-36-52(66-34-33-65(43-66)51-37-49(62(6,7)45-23-15-11-16-24-45)35-50(38-51)63(8,9)46-25-17-12-18-26-46)41-54(39-48)68-53-29-30-56-55-27-19-20-28-57(55)67(58(56)42-53)59-40-47(31-32-64-59)61(4,5)44-21-13-10-14-22-44;/h10-40,43H,1-9H3;/q-3;. The largest absolute Gasteiger partial charge is 0.509 e. The predicted octanol–water partition coefficient (Wildman–Crippen LogP) is 15.8. The third kappa shape index (κ3) is 9.06. The maximum atomic E-state index is 6.82. The summed E-state index contributed by atoms with van der Waals surface area (Å²) in [5, 5.41) is 2.22. The van der Waals surface area contributed by atoms with Gasteiger partial charge in [-0.05, 0) is 86.9 Å². The Morgan fingerprint density at radius 3 is 1.61 bits per heavy atom. The number of fused-ring (bicyclic) bond motifs is 3. The molecule has 1 aliphatic rings. The minimum atomic E-state index is -0.239. The first-order valence-electron chi connectivity index (χ1n) is 23.7. The molecule has 9 aromatic rings. The van der Waals surface area contributed by atoms with Crippen molar-refractivity contribution < 1.29 is 25.8 Å². The molecule has 5 nitrogen and oxygen atoms in total. The second kappa shape index (κ2) is 18.3. The number of rotatable bonds is 11. The summed E-state index contributed by atoms with van der Waals surface area (Å²) in [6.45, 7) is 22.7. The van der Waals surface area contributed by atoms with Crippen LogP contribution in [0.4, 0.5) is 11.4 Å². The van der Waals surface area contributed by atoms with Gasteiger partial charge >= 0.3 is 0 Å². The zero-order valence-corrected chi connectivity index (χ0v) is 43.3.